The molecule has 2 aromatic rings. The van der Waals surface area contributed by atoms with E-state index in [9.17, 15) is 8.42 Å². The van der Waals surface area contributed by atoms with E-state index in [1.165, 1.54) is 5.69 Å². The molecular formula is C20H25N3O2S. The van der Waals surface area contributed by atoms with Crippen molar-refractivity contribution in [2.75, 3.05) is 48.5 Å². The maximum atomic E-state index is 13.1. The molecule has 5 nitrogen and oxygen atoms in total. The predicted molar refractivity (Wildman–Crippen MR) is 105 cm³/mol. The summed E-state index contributed by atoms with van der Waals surface area (Å²) in [5.74, 6) is 0. The molecule has 1 saturated heterocycles. The Morgan fingerprint density at radius 1 is 0.846 bits per heavy atom. The smallest absolute Gasteiger partial charge is 0.264 e. The van der Waals surface area contributed by atoms with Gasteiger partial charge < -0.3 is 9.80 Å². The van der Waals surface area contributed by atoms with Gasteiger partial charge >= 0.3 is 0 Å². The van der Waals surface area contributed by atoms with Gasteiger partial charge in [-0.1, -0.05) is 31.2 Å². The van der Waals surface area contributed by atoms with Crippen molar-refractivity contribution in [2.45, 2.75) is 18.2 Å². The molecular weight excluding hydrogens is 346 g/mol. The van der Waals surface area contributed by atoms with E-state index < -0.39 is 10.0 Å². The van der Waals surface area contributed by atoms with Gasteiger partial charge in [0.2, 0.25) is 0 Å². The Hall–Kier alpha value is -2.05. The number of likely N-dealkylation sites (N-methyl/N-ethyl adjacent to an activating group) is 1. The van der Waals surface area contributed by atoms with Gasteiger partial charge in [0.15, 0.2) is 0 Å². The molecule has 1 fully saturated rings. The highest BCUT2D eigenvalue weighted by molar-refractivity contribution is 7.92. The average molecular weight is 372 g/mol. The lowest BCUT2D eigenvalue weighted by Gasteiger charge is -2.36. The number of hydrogen-bond donors (Lipinski definition) is 0. The van der Waals surface area contributed by atoms with Crippen LogP contribution in [0.3, 0.4) is 0 Å². The number of benzene rings is 2. The van der Waals surface area contributed by atoms with Crippen LogP contribution in [0.5, 0.6) is 0 Å². The van der Waals surface area contributed by atoms with E-state index in [2.05, 4.69) is 22.8 Å². The lowest BCUT2D eigenvalue weighted by atomic mass is 10.1. The summed E-state index contributed by atoms with van der Waals surface area (Å²) in [5.41, 5.74) is 3.20. The second-order valence-electron chi connectivity index (χ2n) is 6.84. The molecule has 26 heavy (non-hydrogen) atoms. The topological polar surface area (TPSA) is 43.9 Å². The van der Waals surface area contributed by atoms with Crippen LogP contribution in [0, 0.1) is 0 Å². The van der Waals surface area contributed by atoms with Gasteiger partial charge in [-0.15, -0.1) is 0 Å². The van der Waals surface area contributed by atoms with Crippen molar-refractivity contribution in [3.05, 3.63) is 54.1 Å². The van der Waals surface area contributed by atoms with Crippen molar-refractivity contribution in [3.8, 4) is 0 Å². The molecule has 0 aromatic heterocycles. The van der Waals surface area contributed by atoms with Crippen LogP contribution in [0.15, 0.2) is 53.4 Å². The van der Waals surface area contributed by atoms with Crippen molar-refractivity contribution in [1.29, 1.82) is 0 Å². The maximum Gasteiger partial charge on any atom is 0.264 e. The quantitative estimate of drug-likeness (QED) is 0.829. The molecule has 0 unspecified atom stereocenters. The van der Waals surface area contributed by atoms with Crippen LogP contribution in [-0.2, 0) is 16.4 Å². The van der Waals surface area contributed by atoms with Gasteiger partial charge in [0, 0.05) is 44.0 Å². The Balaban J connectivity index is 1.65. The summed E-state index contributed by atoms with van der Waals surface area (Å²) in [6.45, 7) is 7.91. The fourth-order valence-corrected chi connectivity index (χ4v) is 5.47. The van der Waals surface area contributed by atoms with Gasteiger partial charge in [0.1, 0.15) is 0 Å². The van der Waals surface area contributed by atoms with Gasteiger partial charge in [-0.3, -0.25) is 4.31 Å². The number of fused-ring (bicyclic) bond motifs is 1. The molecule has 0 aliphatic carbocycles. The van der Waals surface area contributed by atoms with Crippen LogP contribution in [0.1, 0.15) is 12.5 Å². The van der Waals surface area contributed by atoms with Crippen LogP contribution in [0.25, 0.3) is 0 Å². The van der Waals surface area contributed by atoms with E-state index in [-0.39, 0.29) is 0 Å². The minimum Gasteiger partial charge on any atom is -0.369 e. The number of sulfonamides is 1. The summed E-state index contributed by atoms with van der Waals surface area (Å²) < 4.78 is 27.7. The number of nitrogens with zero attached hydrogens (tertiary/aromatic N) is 3. The first kappa shape index (κ1) is 17.4. The largest absolute Gasteiger partial charge is 0.369 e. The Bertz CT molecular complexity index is 875. The van der Waals surface area contributed by atoms with E-state index in [1.807, 2.05) is 18.2 Å². The highest BCUT2D eigenvalue weighted by Crippen LogP contribution is 2.38. The maximum absolute atomic E-state index is 13.1. The summed E-state index contributed by atoms with van der Waals surface area (Å²) in [5, 5.41) is 0. The van der Waals surface area contributed by atoms with Crippen molar-refractivity contribution >= 4 is 21.4 Å². The van der Waals surface area contributed by atoms with Crippen molar-refractivity contribution in [3.63, 3.8) is 0 Å². The summed E-state index contributed by atoms with van der Waals surface area (Å²) in [4.78, 5) is 5.21. The normalized spacial score (nSPS) is 18.2. The molecule has 2 aliphatic rings. The molecule has 4 rings (SSSR count). The number of anilines is 2. The zero-order chi connectivity index (χ0) is 18.1. The minimum absolute atomic E-state index is 0.356. The Morgan fingerprint density at radius 3 is 2.23 bits per heavy atom. The van der Waals surface area contributed by atoms with Gasteiger partial charge in [-0.05, 0) is 37.2 Å². The molecule has 2 aliphatic heterocycles. The third kappa shape index (κ3) is 2.97. The van der Waals surface area contributed by atoms with E-state index >= 15 is 0 Å². The van der Waals surface area contributed by atoms with Gasteiger partial charge in [-0.2, -0.15) is 0 Å². The van der Waals surface area contributed by atoms with Crippen molar-refractivity contribution in [1.82, 2.24) is 4.90 Å². The number of rotatable bonds is 4. The lowest BCUT2D eigenvalue weighted by molar-refractivity contribution is 0.271. The highest BCUT2D eigenvalue weighted by Gasteiger charge is 2.33. The molecule has 6 heteroatoms. The molecule has 0 bridgehead atoms. The van der Waals surface area contributed by atoms with Crippen LogP contribution in [-0.4, -0.2) is 52.6 Å². The molecule has 0 spiro atoms. The fraction of sp³-hybridized carbons (Fsp3) is 0.400. The fourth-order valence-electron chi connectivity index (χ4n) is 3.96. The first-order chi connectivity index (χ1) is 12.6. The summed E-state index contributed by atoms with van der Waals surface area (Å²) in [7, 11) is -3.51. The zero-order valence-corrected chi connectivity index (χ0v) is 16.0. The Morgan fingerprint density at radius 2 is 1.54 bits per heavy atom. The number of piperazine rings is 1. The Labute approximate surface area is 155 Å². The highest BCUT2D eigenvalue weighted by atomic mass is 32.2. The molecule has 0 saturated carbocycles. The van der Waals surface area contributed by atoms with Gasteiger partial charge in [-0.25, -0.2) is 8.42 Å². The molecule has 0 atom stereocenters. The van der Waals surface area contributed by atoms with Crippen LogP contribution < -0.4 is 9.21 Å². The number of hydrogen-bond acceptors (Lipinski definition) is 4. The van der Waals surface area contributed by atoms with E-state index in [0.29, 0.717) is 11.4 Å². The minimum atomic E-state index is -3.51. The molecule has 0 amide bonds. The summed E-state index contributed by atoms with van der Waals surface area (Å²) >= 11 is 0. The van der Waals surface area contributed by atoms with Gasteiger partial charge in [0.05, 0.1) is 10.6 Å². The van der Waals surface area contributed by atoms with E-state index in [0.717, 1.165) is 50.4 Å². The molecule has 0 radical (unpaired) electrons. The predicted octanol–water partition coefficient (Wildman–Crippen LogP) is 2.58. The first-order valence-corrected chi connectivity index (χ1v) is 10.7. The van der Waals surface area contributed by atoms with Crippen molar-refractivity contribution in [2.24, 2.45) is 0 Å². The molecule has 0 N–H and O–H groups in total. The second kappa shape index (κ2) is 6.93. The monoisotopic (exact) mass is 371 g/mol. The third-order valence-corrected chi connectivity index (χ3v) is 7.28. The van der Waals surface area contributed by atoms with Crippen LogP contribution in [0.2, 0.25) is 0 Å². The van der Waals surface area contributed by atoms with Crippen LogP contribution in [0.4, 0.5) is 11.4 Å². The van der Waals surface area contributed by atoms with Gasteiger partial charge in [0.25, 0.3) is 10.0 Å². The van der Waals surface area contributed by atoms with Crippen molar-refractivity contribution < 1.29 is 8.42 Å². The standard InChI is InChI=1S/C20H25N3O2S/c1-2-21-13-15-22(16-14-21)19-9-6-10-20-18(19)11-12-23(20)26(24,25)17-7-4-3-5-8-17/h3-10H,2,11-16H2,1H3. The third-order valence-electron chi connectivity index (χ3n) is 5.45. The second-order valence-corrected chi connectivity index (χ2v) is 8.70. The Kier molecular flexibility index (Phi) is 4.63. The first-order valence-electron chi connectivity index (χ1n) is 9.28. The molecule has 138 valence electrons. The SMILES string of the molecule is CCN1CCN(c2cccc3c2CCN3S(=O)(=O)c2ccccc2)CC1. The lowest BCUT2D eigenvalue weighted by Crippen LogP contribution is -2.46. The average Bonchev–Trinajstić information content (AvgIpc) is 3.14. The summed E-state index contributed by atoms with van der Waals surface area (Å²) in [6, 6.07) is 14.8. The molecule has 2 heterocycles. The zero-order valence-electron chi connectivity index (χ0n) is 15.1. The van der Waals surface area contributed by atoms with Crippen LogP contribution >= 0.6 is 0 Å². The summed E-state index contributed by atoms with van der Waals surface area (Å²) in [6.07, 6.45) is 0.769. The van der Waals surface area contributed by atoms with E-state index in [1.54, 1.807) is 28.6 Å². The molecule has 2 aromatic carbocycles. The van der Waals surface area contributed by atoms with E-state index in [4.69, 9.17) is 0 Å².